The highest BCUT2D eigenvalue weighted by molar-refractivity contribution is 7.91. The molecule has 0 aliphatic heterocycles. The van der Waals surface area contributed by atoms with Gasteiger partial charge in [-0.05, 0) is 17.7 Å². The predicted molar refractivity (Wildman–Crippen MR) is 55.2 cm³/mol. The van der Waals surface area contributed by atoms with Crippen LogP contribution >= 0.6 is 0 Å². The van der Waals surface area contributed by atoms with Gasteiger partial charge in [-0.2, -0.15) is 13.2 Å². The number of benzene rings is 1. The van der Waals surface area contributed by atoms with Crippen LogP contribution in [0.5, 0.6) is 0 Å². The Morgan fingerprint density at radius 3 is 2.41 bits per heavy atom. The first kappa shape index (κ1) is 14.0. The Balaban J connectivity index is 3.20. The van der Waals surface area contributed by atoms with Crippen molar-refractivity contribution in [3.05, 3.63) is 29.8 Å². The van der Waals surface area contributed by atoms with Crippen LogP contribution in [-0.4, -0.2) is 25.5 Å². The molecule has 0 amide bonds. The smallest absolute Gasteiger partial charge is 0.379 e. The van der Waals surface area contributed by atoms with Crippen molar-refractivity contribution in [1.82, 2.24) is 0 Å². The van der Waals surface area contributed by atoms with E-state index in [9.17, 15) is 21.6 Å². The van der Waals surface area contributed by atoms with Crippen molar-refractivity contribution in [1.29, 1.82) is 0 Å². The molecular formula is C10H11F3O3S. The molecule has 0 fully saturated rings. The monoisotopic (exact) mass is 268 g/mol. The first-order valence-corrected chi connectivity index (χ1v) is 6.41. The van der Waals surface area contributed by atoms with Gasteiger partial charge in [-0.25, -0.2) is 8.42 Å². The van der Waals surface area contributed by atoms with E-state index in [4.69, 9.17) is 5.11 Å². The highest BCUT2D eigenvalue weighted by Gasteiger charge is 2.39. The van der Waals surface area contributed by atoms with Gasteiger partial charge in [-0.1, -0.05) is 19.1 Å². The van der Waals surface area contributed by atoms with E-state index in [1.165, 1.54) is 19.1 Å². The summed E-state index contributed by atoms with van der Waals surface area (Å²) in [4.78, 5) is -0.221. The molecule has 0 saturated heterocycles. The molecule has 0 bridgehead atoms. The lowest BCUT2D eigenvalue weighted by Crippen LogP contribution is -2.20. The molecule has 0 heterocycles. The first-order chi connectivity index (χ1) is 7.68. The average Bonchev–Trinajstić information content (AvgIpc) is 2.27. The van der Waals surface area contributed by atoms with Crippen molar-refractivity contribution in [2.45, 2.75) is 24.1 Å². The van der Waals surface area contributed by atoms with Crippen molar-refractivity contribution in [3.8, 4) is 0 Å². The van der Waals surface area contributed by atoms with Gasteiger partial charge < -0.3 is 5.11 Å². The second-order valence-corrected chi connectivity index (χ2v) is 5.70. The zero-order valence-corrected chi connectivity index (χ0v) is 9.72. The fraction of sp³-hybridized carbons (Fsp3) is 0.400. The van der Waals surface area contributed by atoms with E-state index in [-0.39, 0.29) is 10.6 Å². The Bertz CT molecular complexity index is 494. The number of rotatable bonds is 3. The van der Waals surface area contributed by atoms with Crippen LogP contribution in [0.15, 0.2) is 29.2 Å². The van der Waals surface area contributed by atoms with Gasteiger partial charge in [0.15, 0.2) is 15.9 Å². The summed E-state index contributed by atoms with van der Waals surface area (Å²) in [5.74, 6) is -0.210. The third kappa shape index (κ3) is 3.19. The van der Waals surface area contributed by atoms with Crippen LogP contribution in [0.2, 0.25) is 0 Å². The highest BCUT2D eigenvalue weighted by atomic mass is 32.2. The van der Waals surface area contributed by atoms with E-state index >= 15 is 0 Å². The average molecular weight is 268 g/mol. The van der Waals surface area contributed by atoms with Gasteiger partial charge in [0.05, 0.1) is 10.6 Å². The second-order valence-electron chi connectivity index (χ2n) is 3.42. The fourth-order valence-corrected chi connectivity index (χ4v) is 2.17. The van der Waals surface area contributed by atoms with Crippen LogP contribution in [0.4, 0.5) is 13.2 Å². The normalized spacial score (nSPS) is 14.6. The molecule has 3 nitrogen and oxygen atoms in total. The number of hydrogen-bond acceptors (Lipinski definition) is 3. The van der Waals surface area contributed by atoms with Crippen molar-refractivity contribution >= 4 is 9.84 Å². The molecule has 1 unspecified atom stereocenters. The quantitative estimate of drug-likeness (QED) is 0.913. The van der Waals surface area contributed by atoms with E-state index in [1.807, 2.05) is 0 Å². The third-order valence-corrected chi connectivity index (χ3v) is 3.96. The molecule has 1 aromatic carbocycles. The van der Waals surface area contributed by atoms with Crippen LogP contribution in [0.25, 0.3) is 0 Å². The maximum Gasteiger partial charge on any atom is 0.418 e. The lowest BCUT2D eigenvalue weighted by atomic mass is 10.1. The van der Waals surface area contributed by atoms with E-state index < -0.39 is 27.7 Å². The molecule has 1 N–H and O–H groups in total. The summed E-state index contributed by atoms with van der Waals surface area (Å²) in [6, 6.07) is 4.25. The summed E-state index contributed by atoms with van der Waals surface area (Å²) in [6.45, 7) is 1.39. The minimum atomic E-state index is -4.81. The van der Waals surface area contributed by atoms with Gasteiger partial charge in [0.1, 0.15) is 0 Å². The molecule has 0 aliphatic carbocycles. The van der Waals surface area contributed by atoms with E-state index in [1.54, 1.807) is 0 Å². The number of aliphatic hydroxyl groups excluding tert-OH is 1. The molecule has 0 aromatic heterocycles. The molecule has 0 saturated carbocycles. The van der Waals surface area contributed by atoms with E-state index in [2.05, 4.69) is 0 Å². The minimum absolute atomic E-state index is 0.210. The zero-order chi connectivity index (χ0) is 13.3. The van der Waals surface area contributed by atoms with E-state index in [0.717, 1.165) is 12.1 Å². The van der Waals surface area contributed by atoms with Crippen molar-refractivity contribution < 1.29 is 26.7 Å². The number of halogens is 3. The van der Waals surface area contributed by atoms with E-state index in [0.29, 0.717) is 0 Å². The minimum Gasteiger partial charge on any atom is -0.379 e. The summed E-state index contributed by atoms with van der Waals surface area (Å²) >= 11 is 0. The standard InChI is InChI=1S/C10H11F3O3S/c1-2-17(15,16)8-5-3-4-7(6-8)9(14)10(11,12)13/h3-6,9,14H,2H2,1H3. The largest absolute Gasteiger partial charge is 0.418 e. The molecule has 0 radical (unpaired) electrons. The van der Waals surface area contributed by atoms with Gasteiger partial charge in [0.25, 0.3) is 0 Å². The van der Waals surface area contributed by atoms with Crippen LogP contribution < -0.4 is 0 Å². The Labute approximate surface area is 96.8 Å². The molecule has 17 heavy (non-hydrogen) atoms. The Morgan fingerprint density at radius 2 is 1.94 bits per heavy atom. The second kappa shape index (κ2) is 4.66. The summed E-state index contributed by atoms with van der Waals surface area (Å²) in [5, 5.41) is 9.00. The molecular weight excluding hydrogens is 257 g/mol. The van der Waals surface area contributed by atoms with Crippen molar-refractivity contribution in [2.75, 3.05) is 5.75 Å². The lowest BCUT2D eigenvalue weighted by molar-refractivity contribution is -0.206. The number of hydrogen-bond donors (Lipinski definition) is 1. The number of alkyl halides is 3. The van der Waals surface area contributed by atoms with Crippen molar-refractivity contribution in [2.24, 2.45) is 0 Å². The van der Waals surface area contributed by atoms with Gasteiger partial charge >= 0.3 is 6.18 Å². The number of sulfone groups is 1. The molecule has 1 rings (SSSR count). The van der Waals surface area contributed by atoms with Crippen LogP contribution in [0, 0.1) is 0 Å². The third-order valence-electron chi connectivity index (χ3n) is 2.22. The predicted octanol–water partition coefficient (Wildman–Crippen LogP) is 2.08. The van der Waals surface area contributed by atoms with Gasteiger partial charge in [0.2, 0.25) is 0 Å². The summed E-state index contributed by atoms with van der Waals surface area (Å²) < 4.78 is 59.7. The van der Waals surface area contributed by atoms with Gasteiger partial charge in [0, 0.05) is 0 Å². The Morgan fingerprint density at radius 1 is 1.35 bits per heavy atom. The number of aliphatic hydroxyl groups is 1. The molecule has 0 spiro atoms. The SMILES string of the molecule is CCS(=O)(=O)c1cccc(C(O)C(F)(F)F)c1. The summed E-state index contributed by atoms with van der Waals surface area (Å²) in [5.41, 5.74) is -0.480. The summed E-state index contributed by atoms with van der Waals surface area (Å²) in [7, 11) is -3.58. The molecule has 7 heteroatoms. The van der Waals surface area contributed by atoms with Gasteiger partial charge in [-0.3, -0.25) is 0 Å². The van der Waals surface area contributed by atoms with Crippen molar-refractivity contribution in [3.63, 3.8) is 0 Å². The van der Waals surface area contributed by atoms with Crippen LogP contribution in [0.1, 0.15) is 18.6 Å². The van der Waals surface area contributed by atoms with Crippen LogP contribution in [0.3, 0.4) is 0 Å². The Kier molecular flexibility index (Phi) is 3.83. The first-order valence-electron chi connectivity index (χ1n) is 4.76. The molecule has 0 aliphatic rings. The molecule has 96 valence electrons. The van der Waals surface area contributed by atoms with Crippen LogP contribution in [-0.2, 0) is 9.84 Å². The highest BCUT2D eigenvalue weighted by Crippen LogP contribution is 2.33. The molecule has 1 aromatic rings. The zero-order valence-electron chi connectivity index (χ0n) is 8.90. The topological polar surface area (TPSA) is 54.4 Å². The lowest BCUT2D eigenvalue weighted by Gasteiger charge is -2.15. The summed E-state index contributed by atoms with van der Waals surface area (Å²) in [6.07, 6.45) is -7.48. The van der Waals surface area contributed by atoms with Gasteiger partial charge in [-0.15, -0.1) is 0 Å². The maximum absolute atomic E-state index is 12.2. The molecule has 1 atom stereocenters. The maximum atomic E-state index is 12.2. The fourth-order valence-electron chi connectivity index (χ4n) is 1.23. The Hall–Kier alpha value is -1.08.